The fourth-order valence-corrected chi connectivity index (χ4v) is 2.38. The van der Waals surface area contributed by atoms with Gasteiger partial charge in [0.1, 0.15) is 0 Å². The van der Waals surface area contributed by atoms with Gasteiger partial charge in [-0.1, -0.05) is 6.07 Å². The van der Waals surface area contributed by atoms with Gasteiger partial charge in [-0.05, 0) is 18.6 Å². The molecule has 0 atom stereocenters. The highest BCUT2D eigenvalue weighted by atomic mass is 35.7. The Bertz CT molecular complexity index is 564. The van der Waals surface area contributed by atoms with E-state index in [0.717, 1.165) is 6.07 Å². The second-order valence-electron chi connectivity index (χ2n) is 3.02. The van der Waals surface area contributed by atoms with Crippen LogP contribution in [-0.2, 0) is 9.05 Å². The van der Waals surface area contributed by atoms with Crippen molar-refractivity contribution in [3.05, 3.63) is 28.8 Å². The molecular weight excluding hydrogens is 260 g/mol. The summed E-state index contributed by atoms with van der Waals surface area (Å²) >= 11 is 0. The molecule has 0 heterocycles. The van der Waals surface area contributed by atoms with Gasteiger partial charge in [0.25, 0.3) is 15.5 Å². The zero-order chi connectivity index (χ0) is 12.5. The Balaban J connectivity index is 3.74. The zero-order valence-corrected chi connectivity index (χ0v) is 9.61. The molecule has 0 radical (unpaired) electrons. The van der Waals surface area contributed by atoms with Gasteiger partial charge in [-0.15, -0.1) is 0 Å². The van der Waals surface area contributed by atoms with Crippen LogP contribution in [-0.4, -0.2) is 8.42 Å². The van der Waals surface area contributed by atoms with Crippen LogP contribution in [0.2, 0.25) is 0 Å². The summed E-state index contributed by atoms with van der Waals surface area (Å²) in [5.41, 5.74) is -0.906. The number of hydrogen-bond donors (Lipinski definition) is 0. The van der Waals surface area contributed by atoms with Crippen molar-refractivity contribution >= 4 is 19.7 Å². The van der Waals surface area contributed by atoms with E-state index in [9.17, 15) is 17.2 Å². The first-order chi connectivity index (χ1) is 7.29. The Morgan fingerprint density at radius 1 is 1.44 bits per heavy atom. The topological polar surface area (TPSA) is 57.9 Å². The van der Waals surface area contributed by atoms with Crippen molar-refractivity contribution in [3.63, 3.8) is 0 Å². The maximum Gasteiger partial charge on any atom is 0.266 e. The maximum absolute atomic E-state index is 12.7. The number of benzene rings is 1. The molecule has 0 saturated carbocycles. The molecule has 0 aliphatic carbocycles. The van der Waals surface area contributed by atoms with Crippen molar-refractivity contribution in [2.75, 3.05) is 0 Å². The molecule has 1 rings (SSSR count). The predicted molar refractivity (Wildman–Crippen MR) is 53.9 cm³/mol. The molecule has 0 bridgehead atoms. The molecule has 3 nitrogen and oxygen atoms in total. The SMILES string of the molecule is Cc1ccc(S(=O)(=O)Cl)c(C(F)F)c1C#N. The average Bonchev–Trinajstić information content (AvgIpc) is 2.14. The summed E-state index contributed by atoms with van der Waals surface area (Å²) in [4.78, 5) is -0.716. The first kappa shape index (κ1) is 12.9. The van der Waals surface area contributed by atoms with E-state index < -0.39 is 25.9 Å². The van der Waals surface area contributed by atoms with Gasteiger partial charge in [-0.3, -0.25) is 0 Å². The molecule has 0 aliphatic heterocycles. The number of alkyl halides is 2. The van der Waals surface area contributed by atoms with Gasteiger partial charge in [-0.2, -0.15) is 5.26 Å². The van der Waals surface area contributed by atoms with Crippen molar-refractivity contribution in [1.29, 1.82) is 5.26 Å². The van der Waals surface area contributed by atoms with Crippen molar-refractivity contribution in [1.82, 2.24) is 0 Å². The van der Waals surface area contributed by atoms with E-state index in [2.05, 4.69) is 0 Å². The summed E-state index contributed by atoms with van der Waals surface area (Å²) < 4.78 is 47.5. The first-order valence-electron chi connectivity index (χ1n) is 4.05. The number of aryl methyl sites for hydroxylation is 1. The number of hydrogen-bond acceptors (Lipinski definition) is 3. The standard InChI is InChI=1S/C9H6ClF2NO2S/c1-5-2-3-7(16(10,14)15)8(9(11)12)6(5)4-13/h2-3,9H,1H3. The van der Waals surface area contributed by atoms with Gasteiger partial charge in [0.2, 0.25) is 0 Å². The third-order valence-corrected chi connectivity index (χ3v) is 3.39. The Kier molecular flexibility index (Phi) is 3.51. The van der Waals surface area contributed by atoms with E-state index in [4.69, 9.17) is 15.9 Å². The third kappa shape index (κ3) is 2.31. The van der Waals surface area contributed by atoms with Gasteiger partial charge >= 0.3 is 0 Å². The Hall–Kier alpha value is -1.19. The Morgan fingerprint density at radius 3 is 2.38 bits per heavy atom. The van der Waals surface area contributed by atoms with Gasteiger partial charge in [-0.25, -0.2) is 17.2 Å². The minimum Gasteiger partial charge on any atom is -0.207 e. The highest BCUT2D eigenvalue weighted by Gasteiger charge is 2.26. The van der Waals surface area contributed by atoms with Crippen LogP contribution in [0.15, 0.2) is 17.0 Å². The predicted octanol–water partition coefficient (Wildman–Crippen LogP) is 2.73. The maximum atomic E-state index is 12.7. The molecule has 1 aromatic rings. The summed E-state index contributed by atoms with van der Waals surface area (Å²) in [6.07, 6.45) is -3.07. The fourth-order valence-electron chi connectivity index (χ4n) is 1.29. The van der Waals surface area contributed by atoms with Crippen molar-refractivity contribution < 1.29 is 17.2 Å². The molecule has 0 N–H and O–H groups in total. The number of rotatable bonds is 2. The molecule has 86 valence electrons. The second-order valence-corrected chi connectivity index (χ2v) is 5.55. The van der Waals surface area contributed by atoms with Crippen LogP contribution in [0.1, 0.15) is 23.1 Å². The smallest absolute Gasteiger partial charge is 0.207 e. The molecular formula is C9H6ClF2NO2S. The molecule has 0 spiro atoms. The molecule has 0 saturated heterocycles. The second kappa shape index (κ2) is 4.36. The summed E-state index contributed by atoms with van der Waals surface area (Å²) in [6, 6.07) is 3.79. The molecule has 0 aliphatic rings. The lowest BCUT2D eigenvalue weighted by molar-refractivity contribution is 0.147. The average molecular weight is 266 g/mol. The molecule has 0 fully saturated rings. The summed E-state index contributed by atoms with van der Waals surface area (Å²) in [5, 5.41) is 8.72. The molecule has 0 amide bonds. The Labute approximate surface area is 95.7 Å². The largest absolute Gasteiger partial charge is 0.266 e. The van der Waals surface area contributed by atoms with Crippen molar-refractivity contribution in [2.24, 2.45) is 0 Å². The van der Waals surface area contributed by atoms with Gasteiger partial charge < -0.3 is 0 Å². The van der Waals surface area contributed by atoms with Crippen LogP contribution in [0.3, 0.4) is 0 Å². The highest BCUT2D eigenvalue weighted by Crippen LogP contribution is 2.32. The Morgan fingerprint density at radius 2 is 2.00 bits per heavy atom. The van der Waals surface area contributed by atoms with E-state index in [0.29, 0.717) is 0 Å². The van der Waals surface area contributed by atoms with Crippen molar-refractivity contribution in [2.45, 2.75) is 18.2 Å². The quantitative estimate of drug-likeness (QED) is 0.773. The molecule has 0 unspecified atom stereocenters. The summed E-state index contributed by atoms with van der Waals surface area (Å²) in [7, 11) is 0.732. The van der Waals surface area contributed by atoms with Crippen LogP contribution in [0.4, 0.5) is 8.78 Å². The number of halogens is 3. The van der Waals surface area contributed by atoms with E-state index >= 15 is 0 Å². The minimum absolute atomic E-state index is 0.280. The zero-order valence-electron chi connectivity index (χ0n) is 8.04. The van der Waals surface area contributed by atoms with E-state index in [-0.39, 0.29) is 11.1 Å². The third-order valence-electron chi connectivity index (χ3n) is 2.01. The van der Waals surface area contributed by atoms with Crippen LogP contribution < -0.4 is 0 Å². The first-order valence-corrected chi connectivity index (χ1v) is 6.36. The lowest BCUT2D eigenvalue weighted by Gasteiger charge is -2.09. The molecule has 0 aromatic heterocycles. The fraction of sp³-hybridized carbons (Fsp3) is 0.222. The van der Waals surface area contributed by atoms with Gasteiger partial charge in [0, 0.05) is 10.7 Å². The normalized spacial score (nSPS) is 11.5. The van der Waals surface area contributed by atoms with E-state index in [1.165, 1.54) is 13.0 Å². The monoisotopic (exact) mass is 265 g/mol. The minimum atomic E-state index is -4.29. The van der Waals surface area contributed by atoms with Crippen LogP contribution in [0.5, 0.6) is 0 Å². The van der Waals surface area contributed by atoms with Gasteiger partial charge in [0.05, 0.1) is 22.1 Å². The molecule has 16 heavy (non-hydrogen) atoms. The van der Waals surface area contributed by atoms with Crippen LogP contribution >= 0.6 is 10.7 Å². The van der Waals surface area contributed by atoms with Gasteiger partial charge in [0.15, 0.2) is 0 Å². The van der Waals surface area contributed by atoms with Crippen molar-refractivity contribution in [3.8, 4) is 6.07 Å². The highest BCUT2D eigenvalue weighted by molar-refractivity contribution is 8.13. The molecule has 7 heteroatoms. The number of nitriles is 1. The molecule has 1 aromatic carbocycles. The van der Waals surface area contributed by atoms with E-state index in [1.54, 1.807) is 6.07 Å². The lowest BCUT2D eigenvalue weighted by Crippen LogP contribution is -2.03. The summed E-state index contributed by atoms with van der Waals surface area (Å²) in [6.45, 7) is 1.44. The van der Waals surface area contributed by atoms with Crippen LogP contribution in [0.25, 0.3) is 0 Å². The summed E-state index contributed by atoms with van der Waals surface area (Å²) in [5.74, 6) is 0. The number of nitrogens with zero attached hydrogens (tertiary/aromatic N) is 1. The van der Waals surface area contributed by atoms with Crippen LogP contribution in [0, 0.1) is 18.3 Å². The lowest BCUT2D eigenvalue weighted by atomic mass is 10.0. The van der Waals surface area contributed by atoms with E-state index in [1.807, 2.05) is 0 Å².